The van der Waals surface area contributed by atoms with E-state index >= 15 is 0 Å². The van der Waals surface area contributed by atoms with Crippen molar-refractivity contribution in [3.63, 3.8) is 0 Å². The minimum atomic E-state index is -4.65. The monoisotopic (exact) mass is 465 g/mol. The summed E-state index contributed by atoms with van der Waals surface area (Å²) in [5.74, 6) is 0.224. The van der Waals surface area contributed by atoms with E-state index in [1.54, 1.807) is 0 Å². The third kappa shape index (κ3) is 4.17. The number of rotatable bonds is 6. The summed E-state index contributed by atoms with van der Waals surface area (Å²) in [4.78, 5) is 30.7. The Morgan fingerprint density at radius 3 is 2.73 bits per heavy atom. The van der Waals surface area contributed by atoms with Crippen LogP contribution in [0.25, 0.3) is 11.2 Å². The van der Waals surface area contributed by atoms with Gasteiger partial charge in [-0.3, -0.25) is 9.09 Å². The largest absolute Gasteiger partial charge is 0.469 e. The molecule has 2 fully saturated rings. The van der Waals surface area contributed by atoms with E-state index in [2.05, 4.69) is 20.3 Å². The first-order valence-electron chi connectivity index (χ1n) is 9.21. The van der Waals surface area contributed by atoms with Gasteiger partial charge in [-0.1, -0.05) is 0 Å². The molecule has 1 aliphatic heterocycles. The molecule has 0 bridgehead atoms. The topological polar surface area (TPSA) is 192 Å². The van der Waals surface area contributed by atoms with Gasteiger partial charge < -0.3 is 35.2 Å². The van der Waals surface area contributed by atoms with E-state index in [1.165, 1.54) is 10.9 Å². The fourth-order valence-corrected chi connectivity index (χ4v) is 4.63. The summed E-state index contributed by atoms with van der Waals surface area (Å²) < 4.78 is 23.0. The number of aliphatic hydroxyl groups excluding tert-OH is 3. The molecule has 166 valence electrons. The Hall–Kier alpha value is -1.41. The number of ether oxygens (including phenoxy) is 1. The number of hydrogen-bond donors (Lipinski definition) is 6. The molecule has 2 aliphatic rings. The first-order valence-corrected chi connectivity index (χ1v) is 11.1. The molecule has 0 aromatic carbocycles. The maximum absolute atomic E-state index is 11.2. The zero-order valence-corrected chi connectivity index (χ0v) is 17.1. The molecule has 13 nitrogen and oxygen atoms in total. The highest BCUT2D eigenvalue weighted by molar-refractivity contribution is 7.46. The second-order valence-electron chi connectivity index (χ2n) is 7.21. The molecule has 1 saturated heterocycles. The smallest absolute Gasteiger partial charge is 0.394 e. The number of phosphoric ester groups is 1. The number of aliphatic hydroxyl groups is 3. The molecule has 6 N–H and O–H groups in total. The van der Waals surface area contributed by atoms with Gasteiger partial charge in [0.2, 0.25) is 5.28 Å². The van der Waals surface area contributed by atoms with Crippen molar-refractivity contribution in [3.05, 3.63) is 11.6 Å². The Morgan fingerprint density at radius 2 is 2.07 bits per heavy atom. The van der Waals surface area contributed by atoms with Gasteiger partial charge in [0.1, 0.15) is 18.3 Å². The third-order valence-electron chi connectivity index (χ3n) is 5.23. The molecule has 6 atom stereocenters. The van der Waals surface area contributed by atoms with Crippen molar-refractivity contribution in [3.8, 4) is 0 Å². The Labute approximate surface area is 174 Å². The molecule has 0 unspecified atom stereocenters. The highest BCUT2D eigenvalue weighted by atomic mass is 35.5. The van der Waals surface area contributed by atoms with Gasteiger partial charge in [-0.25, -0.2) is 9.55 Å². The molecular formula is C15H21ClN5O8P. The van der Waals surface area contributed by atoms with Crippen LogP contribution >= 0.6 is 19.4 Å². The highest BCUT2D eigenvalue weighted by Gasteiger charge is 2.44. The summed E-state index contributed by atoms with van der Waals surface area (Å²) in [7, 11) is -4.65. The summed E-state index contributed by atoms with van der Waals surface area (Å²) in [5.41, 5.74) is 0.483. The lowest BCUT2D eigenvalue weighted by Gasteiger charge is -2.22. The number of fused-ring (bicyclic) bond motifs is 1. The zero-order chi connectivity index (χ0) is 21.6. The summed E-state index contributed by atoms with van der Waals surface area (Å²) >= 11 is 6.06. The number of anilines is 1. The third-order valence-corrected chi connectivity index (χ3v) is 5.95. The van der Waals surface area contributed by atoms with Gasteiger partial charge in [0.15, 0.2) is 23.2 Å². The van der Waals surface area contributed by atoms with Crippen LogP contribution in [0.1, 0.15) is 25.5 Å². The predicted molar refractivity (Wildman–Crippen MR) is 102 cm³/mol. The van der Waals surface area contributed by atoms with Gasteiger partial charge in [0.25, 0.3) is 0 Å². The van der Waals surface area contributed by atoms with Gasteiger partial charge in [0, 0.05) is 0 Å². The molecular weight excluding hydrogens is 445 g/mol. The number of phosphoric acid groups is 1. The fraction of sp³-hybridized carbons (Fsp3) is 0.667. The van der Waals surface area contributed by atoms with Crippen LogP contribution in [0.2, 0.25) is 5.28 Å². The number of hydrogen-bond acceptors (Lipinski definition) is 10. The lowest BCUT2D eigenvalue weighted by atomic mass is 10.1. The molecule has 2 aromatic heterocycles. The van der Waals surface area contributed by atoms with E-state index in [0.29, 0.717) is 19.3 Å². The van der Waals surface area contributed by atoms with Crippen molar-refractivity contribution < 1.29 is 38.9 Å². The zero-order valence-electron chi connectivity index (χ0n) is 15.4. The van der Waals surface area contributed by atoms with E-state index in [1.807, 2.05) is 0 Å². The van der Waals surface area contributed by atoms with Gasteiger partial charge in [-0.2, -0.15) is 9.97 Å². The summed E-state index contributed by atoms with van der Waals surface area (Å²) in [5, 5.41) is 32.5. The molecule has 30 heavy (non-hydrogen) atoms. The molecule has 4 rings (SSSR count). The summed E-state index contributed by atoms with van der Waals surface area (Å²) in [6.07, 6.45) is -2.31. The number of imidazole rings is 1. The number of nitrogens with zero attached hydrogens (tertiary/aromatic N) is 4. The van der Waals surface area contributed by atoms with Crippen LogP contribution in [0, 0.1) is 0 Å². The van der Waals surface area contributed by atoms with Gasteiger partial charge >= 0.3 is 7.82 Å². The quantitative estimate of drug-likeness (QED) is 0.238. The van der Waals surface area contributed by atoms with Crippen LogP contribution in [-0.4, -0.2) is 81.7 Å². The van der Waals surface area contributed by atoms with Crippen molar-refractivity contribution in [1.82, 2.24) is 19.5 Å². The van der Waals surface area contributed by atoms with Crippen molar-refractivity contribution in [2.24, 2.45) is 0 Å². The van der Waals surface area contributed by atoms with Crippen molar-refractivity contribution in [2.75, 3.05) is 11.9 Å². The van der Waals surface area contributed by atoms with Crippen LogP contribution in [0.4, 0.5) is 5.82 Å². The average Bonchev–Trinajstić information content (AvgIpc) is 3.34. The first kappa shape index (κ1) is 21.8. The molecule has 1 saturated carbocycles. The van der Waals surface area contributed by atoms with Gasteiger partial charge in [-0.15, -0.1) is 0 Å². The van der Waals surface area contributed by atoms with E-state index in [0.717, 1.165) is 0 Å². The predicted octanol–water partition coefficient (Wildman–Crippen LogP) is -0.467. The van der Waals surface area contributed by atoms with Crippen LogP contribution in [0.5, 0.6) is 0 Å². The van der Waals surface area contributed by atoms with Gasteiger partial charge in [-0.05, 0) is 30.9 Å². The van der Waals surface area contributed by atoms with Crippen LogP contribution in [-0.2, 0) is 13.8 Å². The summed E-state index contributed by atoms with van der Waals surface area (Å²) in [6, 6.07) is -0.439. The van der Waals surface area contributed by atoms with Crippen molar-refractivity contribution in [1.29, 1.82) is 0 Å². The molecule has 2 aromatic rings. The Balaban J connectivity index is 1.64. The number of nitrogens with one attached hydrogen (secondary N) is 1. The van der Waals surface area contributed by atoms with Crippen LogP contribution in [0.15, 0.2) is 6.33 Å². The number of aromatic nitrogens is 4. The van der Waals surface area contributed by atoms with E-state index in [-0.39, 0.29) is 22.3 Å². The second kappa shape index (κ2) is 8.26. The summed E-state index contributed by atoms with van der Waals surface area (Å²) in [6.45, 7) is -0.480. The standard InChI is InChI=1S/C15H21ClN5O8P/c16-15-19-12(18-6-2-1-3-7(6)29-30(25,26)27)9-13(20-15)21(5-17-9)14-11(24)10(23)8(4-22)28-14/h5-8,10-11,14,22-24H,1-4H2,(H,18,19,20)(H2,25,26,27)/t6-,7-,8-,10-,11-,14-/m1/s1. The Bertz CT molecular complexity index is 972. The highest BCUT2D eigenvalue weighted by Crippen LogP contribution is 2.42. The minimum Gasteiger partial charge on any atom is -0.394 e. The Morgan fingerprint density at radius 1 is 1.30 bits per heavy atom. The normalized spacial score (nSPS) is 32.2. The first-order chi connectivity index (χ1) is 14.2. The molecule has 0 amide bonds. The fourth-order valence-electron chi connectivity index (χ4n) is 3.86. The van der Waals surface area contributed by atoms with E-state index in [4.69, 9.17) is 30.6 Å². The average molecular weight is 466 g/mol. The maximum Gasteiger partial charge on any atom is 0.469 e. The second-order valence-corrected chi connectivity index (χ2v) is 8.74. The number of halogens is 1. The molecule has 15 heteroatoms. The lowest BCUT2D eigenvalue weighted by molar-refractivity contribution is -0.0511. The lowest BCUT2D eigenvalue weighted by Crippen LogP contribution is -2.33. The molecule has 1 aliphatic carbocycles. The van der Waals surface area contributed by atoms with Gasteiger partial charge in [0.05, 0.1) is 25.1 Å². The van der Waals surface area contributed by atoms with Crippen LogP contribution < -0.4 is 5.32 Å². The maximum atomic E-state index is 11.2. The van der Waals surface area contributed by atoms with Crippen molar-refractivity contribution in [2.45, 2.75) is 55.9 Å². The van der Waals surface area contributed by atoms with E-state index in [9.17, 15) is 19.9 Å². The molecule has 3 heterocycles. The van der Waals surface area contributed by atoms with E-state index < -0.39 is 51.1 Å². The molecule has 0 spiro atoms. The minimum absolute atomic E-state index is 0.135. The molecule has 0 radical (unpaired) electrons. The van der Waals surface area contributed by atoms with Crippen LogP contribution in [0.3, 0.4) is 0 Å². The SMILES string of the molecule is O=P(O)(O)O[C@@H]1CCC[C@H]1Nc1nc(Cl)nc2c1ncn2[C@@H]1O[C@H](CO)[C@@H](O)[C@H]1O. The van der Waals surface area contributed by atoms with Crippen molar-refractivity contribution >= 4 is 36.4 Å². The Kier molecular flexibility index (Phi) is 6.01.